The van der Waals surface area contributed by atoms with E-state index in [9.17, 15) is 10.1 Å². The number of nitrogens with zero attached hydrogens (tertiary/aromatic N) is 1. The van der Waals surface area contributed by atoms with E-state index in [-0.39, 0.29) is 17.5 Å². The van der Waals surface area contributed by atoms with Gasteiger partial charge in [0.2, 0.25) is 0 Å². The minimum atomic E-state index is -0.488. The highest BCUT2D eigenvalue weighted by molar-refractivity contribution is 5.52. The van der Waals surface area contributed by atoms with Gasteiger partial charge in [0, 0.05) is 17.7 Å². The maximum absolute atomic E-state index is 10.7. The largest absolute Gasteiger partial charge is 0.484 e. The third-order valence-corrected chi connectivity index (χ3v) is 1.69. The fourth-order valence-corrected chi connectivity index (χ4v) is 1.10. The molecule has 0 spiro atoms. The molecule has 0 bridgehead atoms. The van der Waals surface area contributed by atoms with Crippen LogP contribution >= 0.6 is 0 Å². The van der Waals surface area contributed by atoms with E-state index in [0.29, 0.717) is 5.56 Å². The predicted octanol–water partition coefficient (Wildman–Crippen LogP) is 2.36. The highest BCUT2D eigenvalue weighted by atomic mass is 16.6. The lowest BCUT2D eigenvalue weighted by Crippen LogP contribution is -2.07. The lowest BCUT2D eigenvalue weighted by molar-refractivity contribution is -0.386. The second-order valence-electron chi connectivity index (χ2n) is 3.25. The van der Waals surface area contributed by atoms with E-state index >= 15 is 0 Å². The van der Waals surface area contributed by atoms with Crippen LogP contribution < -0.4 is 4.74 Å². The maximum atomic E-state index is 10.7. The number of terminal acetylenes is 1. The number of nitro benzene ring substituents is 1. The summed E-state index contributed by atoms with van der Waals surface area (Å²) in [6.07, 6.45) is 5.07. The van der Waals surface area contributed by atoms with Crippen LogP contribution in [0, 0.1) is 22.5 Å². The highest BCUT2D eigenvalue weighted by Gasteiger charge is 2.16. The second kappa shape index (κ2) is 4.47. The summed E-state index contributed by atoms with van der Waals surface area (Å²) in [5, 5.41) is 10.7. The predicted molar refractivity (Wildman–Crippen MR) is 56.8 cm³/mol. The standard InChI is InChI=1S/C11H11NO3/c1-4-9-5-6-10(12(13)14)11(7-9)15-8(2)3/h1,5-8H,2-3H3. The summed E-state index contributed by atoms with van der Waals surface area (Å²) in [6.45, 7) is 3.60. The van der Waals surface area contributed by atoms with Crippen LogP contribution in [0.1, 0.15) is 19.4 Å². The average molecular weight is 205 g/mol. The third kappa shape index (κ3) is 2.71. The molecule has 1 rings (SSSR count). The topological polar surface area (TPSA) is 52.4 Å². The van der Waals surface area contributed by atoms with Gasteiger partial charge in [0.25, 0.3) is 0 Å². The summed E-state index contributed by atoms with van der Waals surface area (Å²) in [6, 6.07) is 4.37. The van der Waals surface area contributed by atoms with Gasteiger partial charge in [0.15, 0.2) is 5.75 Å². The molecule has 0 atom stereocenters. The van der Waals surface area contributed by atoms with Gasteiger partial charge in [-0.25, -0.2) is 0 Å². The lowest BCUT2D eigenvalue weighted by Gasteiger charge is -2.09. The van der Waals surface area contributed by atoms with E-state index < -0.39 is 4.92 Å². The van der Waals surface area contributed by atoms with E-state index in [2.05, 4.69) is 5.92 Å². The molecule has 0 aliphatic rings. The van der Waals surface area contributed by atoms with Crippen molar-refractivity contribution >= 4 is 5.69 Å². The summed E-state index contributed by atoms with van der Waals surface area (Å²) in [5.74, 6) is 2.62. The molecule has 78 valence electrons. The molecule has 4 nitrogen and oxygen atoms in total. The zero-order valence-electron chi connectivity index (χ0n) is 8.56. The van der Waals surface area contributed by atoms with Gasteiger partial charge in [-0.05, 0) is 19.9 Å². The van der Waals surface area contributed by atoms with Crippen molar-refractivity contribution in [3.05, 3.63) is 33.9 Å². The van der Waals surface area contributed by atoms with Crippen LogP contribution in [-0.2, 0) is 0 Å². The van der Waals surface area contributed by atoms with Gasteiger partial charge < -0.3 is 4.74 Å². The number of hydrogen-bond donors (Lipinski definition) is 0. The molecule has 4 heteroatoms. The van der Waals surface area contributed by atoms with Gasteiger partial charge in [0.05, 0.1) is 11.0 Å². The van der Waals surface area contributed by atoms with Gasteiger partial charge in [0.1, 0.15) is 0 Å². The van der Waals surface area contributed by atoms with Gasteiger partial charge >= 0.3 is 5.69 Å². The number of rotatable bonds is 3. The van der Waals surface area contributed by atoms with Crippen LogP contribution in [0.15, 0.2) is 18.2 Å². The van der Waals surface area contributed by atoms with Crippen molar-refractivity contribution in [1.82, 2.24) is 0 Å². The van der Waals surface area contributed by atoms with Crippen LogP contribution in [0.2, 0.25) is 0 Å². The Labute approximate surface area is 88.0 Å². The van der Waals surface area contributed by atoms with Crippen molar-refractivity contribution in [1.29, 1.82) is 0 Å². The van der Waals surface area contributed by atoms with Crippen molar-refractivity contribution in [2.24, 2.45) is 0 Å². The molecule has 0 aliphatic carbocycles. The molecule has 0 amide bonds. The molecule has 1 aromatic rings. The van der Waals surface area contributed by atoms with Crippen molar-refractivity contribution in [2.75, 3.05) is 0 Å². The lowest BCUT2D eigenvalue weighted by atomic mass is 10.2. The molecule has 1 aromatic carbocycles. The van der Waals surface area contributed by atoms with Gasteiger partial charge in [-0.3, -0.25) is 10.1 Å². The summed E-state index contributed by atoms with van der Waals surface area (Å²) in [5.41, 5.74) is 0.499. The van der Waals surface area contributed by atoms with Crippen LogP contribution in [0.4, 0.5) is 5.69 Å². The Morgan fingerprint density at radius 2 is 2.20 bits per heavy atom. The summed E-state index contributed by atoms with van der Waals surface area (Å²) >= 11 is 0. The van der Waals surface area contributed by atoms with E-state index in [1.165, 1.54) is 18.2 Å². The summed E-state index contributed by atoms with van der Waals surface area (Å²) < 4.78 is 5.31. The Hall–Kier alpha value is -2.02. The molecule has 0 N–H and O–H groups in total. The number of hydrogen-bond acceptors (Lipinski definition) is 3. The van der Waals surface area contributed by atoms with Crippen molar-refractivity contribution in [3.8, 4) is 18.1 Å². The second-order valence-corrected chi connectivity index (χ2v) is 3.25. The first-order valence-electron chi connectivity index (χ1n) is 4.46. The SMILES string of the molecule is C#Cc1ccc([N+](=O)[O-])c(OC(C)C)c1. The molecule has 0 radical (unpaired) electrons. The smallest absolute Gasteiger partial charge is 0.311 e. The quantitative estimate of drug-likeness (QED) is 0.432. The molecule has 0 fully saturated rings. The summed E-state index contributed by atoms with van der Waals surface area (Å²) in [7, 11) is 0. The Balaban J connectivity index is 3.17. The molecular formula is C11H11NO3. The van der Waals surface area contributed by atoms with Crippen molar-refractivity contribution < 1.29 is 9.66 Å². The first-order chi connectivity index (χ1) is 7.04. The fraction of sp³-hybridized carbons (Fsp3) is 0.273. The summed E-state index contributed by atoms with van der Waals surface area (Å²) in [4.78, 5) is 10.2. The Bertz CT molecular complexity index is 418. The molecule has 15 heavy (non-hydrogen) atoms. The molecule has 0 saturated carbocycles. The fourth-order valence-electron chi connectivity index (χ4n) is 1.10. The molecule has 0 heterocycles. The third-order valence-electron chi connectivity index (χ3n) is 1.69. The van der Waals surface area contributed by atoms with Gasteiger partial charge in [-0.1, -0.05) is 5.92 Å². The molecule has 0 saturated heterocycles. The Morgan fingerprint density at radius 1 is 1.53 bits per heavy atom. The first-order valence-corrected chi connectivity index (χ1v) is 4.46. The van der Waals surface area contributed by atoms with Gasteiger partial charge in [-0.15, -0.1) is 6.42 Å². The van der Waals surface area contributed by atoms with Crippen LogP contribution in [-0.4, -0.2) is 11.0 Å². The molecule has 0 unspecified atom stereocenters. The van der Waals surface area contributed by atoms with Crippen molar-refractivity contribution in [2.45, 2.75) is 20.0 Å². The van der Waals surface area contributed by atoms with E-state index in [1.807, 2.05) is 0 Å². The maximum Gasteiger partial charge on any atom is 0.311 e. The normalized spacial score (nSPS) is 9.73. The minimum absolute atomic E-state index is 0.0669. The first kappa shape index (κ1) is 11.1. The minimum Gasteiger partial charge on any atom is -0.484 e. The molecule has 0 aliphatic heterocycles. The van der Waals surface area contributed by atoms with Gasteiger partial charge in [-0.2, -0.15) is 0 Å². The average Bonchev–Trinajstić information content (AvgIpc) is 2.16. The van der Waals surface area contributed by atoms with Crippen LogP contribution in [0.25, 0.3) is 0 Å². The zero-order chi connectivity index (χ0) is 11.4. The number of ether oxygens (including phenoxy) is 1. The van der Waals surface area contributed by atoms with Crippen LogP contribution in [0.3, 0.4) is 0 Å². The number of benzene rings is 1. The monoisotopic (exact) mass is 205 g/mol. The Kier molecular flexibility index (Phi) is 3.29. The van der Waals surface area contributed by atoms with E-state index in [1.54, 1.807) is 13.8 Å². The molecule has 0 aromatic heterocycles. The van der Waals surface area contributed by atoms with E-state index in [0.717, 1.165) is 0 Å². The van der Waals surface area contributed by atoms with Crippen LogP contribution in [0.5, 0.6) is 5.75 Å². The highest BCUT2D eigenvalue weighted by Crippen LogP contribution is 2.28. The Morgan fingerprint density at radius 3 is 2.67 bits per heavy atom. The van der Waals surface area contributed by atoms with Crippen molar-refractivity contribution in [3.63, 3.8) is 0 Å². The van der Waals surface area contributed by atoms with E-state index in [4.69, 9.17) is 11.2 Å². The molecular weight excluding hydrogens is 194 g/mol. The zero-order valence-corrected chi connectivity index (χ0v) is 8.56. The number of nitro groups is 1.